The third kappa shape index (κ3) is 4.49. The lowest BCUT2D eigenvalue weighted by atomic mass is 9.89. The third-order valence-corrected chi connectivity index (χ3v) is 4.21. The molecule has 1 aliphatic heterocycles. The SMILES string of the molecule is CN=Cc1ccc([C@H]2CCC(C)CN2C(=O)OC(C)(C)C)cc1N. The van der Waals surface area contributed by atoms with E-state index in [-0.39, 0.29) is 12.1 Å². The molecular formula is C19H29N3O2. The fraction of sp³-hybridized carbons (Fsp3) is 0.579. The van der Waals surface area contributed by atoms with Gasteiger partial charge in [0.2, 0.25) is 0 Å². The van der Waals surface area contributed by atoms with Gasteiger partial charge in [0.15, 0.2) is 0 Å². The van der Waals surface area contributed by atoms with Gasteiger partial charge in [0, 0.05) is 31.1 Å². The van der Waals surface area contributed by atoms with Gasteiger partial charge in [0.1, 0.15) is 5.60 Å². The minimum Gasteiger partial charge on any atom is -0.444 e. The Labute approximate surface area is 144 Å². The average Bonchev–Trinajstić information content (AvgIpc) is 2.48. The van der Waals surface area contributed by atoms with Crippen molar-refractivity contribution in [2.45, 2.75) is 52.2 Å². The van der Waals surface area contributed by atoms with E-state index in [4.69, 9.17) is 10.5 Å². The molecule has 2 rings (SSSR count). The number of nitrogens with two attached hydrogens (primary N) is 1. The topological polar surface area (TPSA) is 67.9 Å². The minimum absolute atomic E-state index is 0.00552. The van der Waals surface area contributed by atoms with Crippen LogP contribution in [0, 0.1) is 5.92 Å². The van der Waals surface area contributed by atoms with Crippen molar-refractivity contribution in [3.63, 3.8) is 0 Å². The molecule has 0 saturated carbocycles. The molecule has 0 aromatic heterocycles. The largest absolute Gasteiger partial charge is 0.444 e. The first kappa shape index (κ1) is 18.3. The zero-order valence-corrected chi connectivity index (χ0v) is 15.4. The highest BCUT2D eigenvalue weighted by Gasteiger charge is 2.34. The Morgan fingerprint density at radius 2 is 2.08 bits per heavy atom. The second-order valence-corrected chi connectivity index (χ2v) is 7.61. The monoisotopic (exact) mass is 331 g/mol. The molecule has 2 atom stereocenters. The Morgan fingerprint density at radius 1 is 1.38 bits per heavy atom. The zero-order chi connectivity index (χ0) is 17.9. The molecule has 24 heavy (non-hydrogen) atoms. The summed E-state index contributed by atoms with van der Waals surface area (Å²) in [6.45, 7) is 8.55. The van der Waals surface area contributed by atoms with Crippen LogP contribution in [-0.2, 0) is 4.74 Å². The van der Waals surface area contributed by atoms with E-state index in [1.807, 2.05) is 43.9 Å². The van der Waals surface area contributed by atoms with Crippen molar-refractivity contribution in [2.24, 2.45) is 10.9 Å². The van der Waals surface area contributed by atoms with Crippen LogP contribution >= 0.6 is 0 Å². The number of likely N-dealkylation sites (tertiary alicyclic amines) is 1. The van der Waals surface area contributed by atoms with E-state index in [9.17, 15) is 4.79 Å². The maximum absolute atomic E-state index is 12.6. The van der Waals surface area contributed by atoms with Gasteiger partial charge in [0.25, 0.3) is 0 Å². The molecule has 1 aliphatic rings. The Bertz CT molecular complexity index is 620. The number of carbonyl (C=O) groups is 1. The predicted octanol–water partition coefficient (Wildman–Crippen LogP) is 4.03. The summed E-state index contributed by atoms with van der Waals surface area (Å²) >= 11 is 0. The predicted molar refractivity (Wildman–Crippen MR) is 98.5 cm³/mol. The van der Waals surface area contributed by atoms with Gasteiger partial charge in [-0.2, -0.15) is 0 Å². The average molecular weight is 331 g/mol. The Kier molecular flexibility index (Phi) is 5.52. The second-order valence-electron chi connectivity index (χ2n) is 7.61. The summed E-state index contributed by atoms with van der Waals surface area (Å²) in [7, 11) is 1.72. The van der Waals surface area contributed by atoms with Crippen LogP contribution in [0.3, 0.4) is 0 Å². The van der Waals surface area contributed by atoms with Crippen LogP contribution in [0.1, 0.15) is 57.7 Å². The highest BCUT2D eigenvalue weighted by atomic mass is 16.6. The number of ether oxygens (including phenoxy) is 1. The van der Waals surface area contributed by atoms with Crippen LogP contribution in [0.15, 0.2) is 23.2 Å². The number of nitrogens with zero attached hydrogens (tertiary/aromatic N) is 2. The Morgan fingerprint density at radius 3 is 2.67 bits per heavy atom. The highest BCUT2D eigenvalue weighted by molar-refractivity contribution is 5.87. The van der Waals surface area contributed by atoms with E-state index in [0.717, 1.165) is 24.0 Å². The molecule has 5 nitrogen and oxygen atoms in total. The van der Waals surface area contributed by atoms with E-state index < -0.39 is 5.60 Å². The first-order chi connectivity index (χ1) is 11.2. The van der Waals surface area contributed by atoms with Gasteiger partial charge in [-0.15, -0.1) is 0 Å². The smallest absolute Gasteiger partial charge is 0.410 e. The fourth-order valence-electron chi connectivity index (χ4n) is 3.08. The molecule has 2 N–H and O–H groups in total. The summed E-state index contributed by atoms with van der Waals surface area (Å²) < 4.78 is 5.60. The van der Waals surface area contributed by atoms with Crippen LogP contribution in [0.25, 0.3) is 0 Å². The van der Waals surface area contributed by atoms with Gasteiger partial charge in [0.05, 0.1) is 6.04 Å². The Balaban J connectivity index is 2.28. The van der Waals surface area contributed by atoms with Crippen molar-refractivity contribution in [2.75, 3.05) is 19.3 Å². The lowest BCUT2D eigenvalue weighted by Gasteiger charge is -2.39. The van der Waals surface area contributed by atoms with Crippen molar-refractivity contribution in [1.29, 1.82) is 0 Å². The molecule has 132 valence electrons. The maximum atomic E-state index is 12.6. The van der Waals surface area contributed by atoms with E-state index in [1.165, 1.54) is 0 Å². The molecule has 0 spiro atoms. The van der Waals surface area contributed by atoms with Crippen molar-refractivity contribution in [3.8, 4) is 0 Å². The van der Waals surface area contributed by atoms with Gasteiger partial charge >= 0.3 is 6.09 Å². The van der Waals surface area contributed by atoms with Gasteiger partial charge in [-0.05, 0) is 51.2 Å². The zero-order valence-electron chi connectivity index (χ0n) is 15.4. The molecule has 0 bridgehead atoms. The van der Waals surface area contributed by atoms with Crippen molar-refractivity contribution >= 4 is 18.0 Å². The number of rotatable bonds is 2. The van der Waals surface area contributed by atoms with E-state index in [0.29, 0.717) is 18.2 Å². The molecule has 0 radical (unpaired) electrons. The number of aliphatic imine (C=N–C) groups is 1. The number of amides is 1. The van der Waals surface area contributed by atoms with Crippen LogP contribution in [0.5, 0.6) is 0 Å². The van der Waals surface area contributed by atoms with E-state index >= 15 is 0 Å². The third-order valence-electron chi connectivity index (χ3n) is 4.21. The van der Waals surface area contributed by atoms with Gasteiger partial charge in [-0.3, -0.25) is 4.99 Å². The fourth-order valence-corrected chi connectivity index (χ4v) is 3.08. The highest BCUT2D eigenvalue weighted by Crippen LogP contribution is 2.35. The standard InChI is InChI=1S/C19H29N3O2/c1-13-6-9-17(22(12-13)18(23)24-19(2,3)4)14-7-8-15(11-21-5)16(20)10-14/h7-8,10-11,13,17H,6,9,12,20H2,1-5H3/t13?,17-/m1/s1. The number of benzene rings is 1. The quantitative estimate of drug-likeness (QED) is 0.657. The normalized spacial score (nSPS) is 22.0. The van der Waals surface area contributed by atoms with E-state index in [1.54, 1.807) is 13.3 Å². The summed E-state index contributed by atoms with van der Waals surface area (Å²) in [6, 6.07) is 5.95. The number of anilines is 1. The molecule has 5 heteroatoms. The summed E-state index contributed by atoms with van der Waals surface area (Å²) in [4.78, 5) is 18.5. The van der Waals surface area contributed by atoms with Gasteiger partial charge in [-0.1, -0.05) is 19.1 Å². The van der Waals surface area contributed by atoms with Gasteiger partial charge in [-0.25, -0.2) is 4.79 Å². The molecule has 0 aliphatic carbocycles. The van der Waals surface area contributed by atoms with Gasteiger partial charge < -0.3 is 15.4 Å². The van der Waals surface area contributed by atoms with Crippen molar-refractivity contribution < 1.29 is 9.53 Å². The summed E-state index contributed by atoms with van der Waals surface area (Å²) in [5.41, 5.74) is 8.27. The second kappa shape index (κ2) is 7.24. The number of hydrogen-bond donors (Lipinski definition) is 1. The molecule has 1 fully saturated rings. The number of piperidine rings is 1. The molecule has 1 heterocycles. The number of hydrogen-bond acceptors (Lipinski definition) is 4. The lowest BCUT2D eigenvalue weighted by Crippen LogP contribution is -2.44. The van der Waals surface area contributed by atoms with Crippen molar-refractivity contribution in [1.82, 2.24) is 4.90 Å². The Hall–Kier alpha value is -2.04. The number of nitrogen functional groups attached to an aromatic ring is 1. The summed E-state index contributed by atoms with van der Waals surface area (Å²) in [5.74, 6) is 0.470. The molecule has 1 aromatic rings. The molecular weight excluding hydrogens is 302 g/mol. The van der Waals surface area contributed by atoms with Crippen LogP contribution in [0.2, 0.25) is 0 Å². The summed E-state index contributed by atoms with van der Waals surface area (Å²) in [5, 5.41) is 0. The lowest BCUT2D eigenvalue weighted by molar-refractivity contribution is 0.00364. The first-order valence-corrected chi connectivity index (χ1v) is 8.52. The molecule has 1 saturated heterocycles. The first-order valence-electron chi connectivity index (χ1n) is 8.52. The van der Waals surface area contributed by atoms with E-state index in [2.05, 4.69) is 11.9 Å². The minimum atomic E-state index is -0.497. The molecule has 1 amide bonds. The molecule has 1 unspecified atom stereocenters. The number of carbonyl (C=O) groups excluding carboxylic acids is 1. The van der Waals surface area contributed by atoms with Crippen LogP contribution in [-0.4, -0.2) is 36.4 Å². The van der Waals surface area contributed by atoms with Crippen LogP contribution < -0.4 is 5.73 Å². The van der Waals surface area contributed by atoms with Crippen molar-refractivity contribution in [3.05, 3.63) is 29.3 Å². The maximum Gasteiger partial charge on any atom is 0.410 e. The molecule has 1 aromatic carbocycles. The summed E-state index contributed by atoms with van der Waals surface area (Å²) in [6.07, 6.45) is 3.49. The van der Waals surface area contributed by atoms with Crippen LogP contribution in [0.4, 0.5) is 10.5 Å².